The summed E-state index contributed by atoms with van der Waals surface area (Å²) in [5, 5.41) is 8.91. The Balaban J connectivity index is 2.46. The van der Waals surface area contributed by atoms with Crippen LogP contribution in [0.1, 0.15) is 21.8 Å². The van der Waals surface area contributed by atoms with E-state index < -0.39 is 5.97 Å². The Kier molecular flexibility index (Phi) is 3.06. The lowest BCUT2D eigenvalue weighted by Gasteiger charge is -2.04. The van der Waals surface area contributed by atoms with E-state index in [9.17, 15) is 4.79 Å². The topological polar surface area (TPSA) is 72.6 Å². The standard InChI is InChI=1S/C13H13NO4/c1-7-6-9(4-5-10(7)17-3)12-14-8(2)11(18-12)13(15)16/h4-6H,1-3H3,(H,15,16). The van der Waals surface area contributed by atoms with Crippen molar-refractivity contribution in [2.45, 2.75) is 13.8 Å². The third kappa shape index (κ3) is 2.07. The van der Waals surface area contributed by atoms with Gasteiger partial charge in [-0.1, -0.05) is 0 Å². The minimum atomic E-state index is -1.11. The molecule has 0 atom stereocenters. The molecule has 2 rings (SSSR count). The number of hydrogen-bond donors (Lipinski definition) is 1. The van der Waals surface area contributed by atoms with Crippen LogP contribution in [0.4, 0.5) is 0 Å². The monoisotopic (exact) mass is 247 g/mol. The fraction of sp³-hybridized carbons (Fsp3) is 0.231. The van der Waals surface area contributed by atoms with Gasteiger partial charge in [-0.2, -0.15) is 0 Å². The first-order chi connectivity index (χ1) is 8.52. The molecule has 1 heterocycles. The molecular weight excluding hydrogens is 234 g/mol. The maximum Gasteiger partial charge on any atom is 0.373 e. The molecule has 94 valence electrons. The number of oxazole rings is 1. The van der Waals surface area contributed by atoms with Crippen LogP contribution in [0.25, 0.3) is 11.5 Å². The minimum Gasteiger partial charge on any atom is -0.496 e. The highest BCUT2D eigenvalue weighted by Crippen LogP contribution is 2.26. The van der Waals surface area contributed by atoms with Gasteiger partial charge in [-0.15, -0.1) is 0 Å². The molecule has 0 amide bonds. The molecule has 0 unspecified atom stereocenters. The summed E-state index contributed by atoms with van der Waals surface area (Å²) in [5.74, 6) is -0.175. The Labute approximate surface area is 104 Å². The molecule has 0 fully saturated rings. The third-order valence-corrected chi connectivity index (χ3v) is 2.63. The summed E-state index contributed by atoms with van der Waals surface area (Å²) in [6, 6.07) is 5.42. The molecule has 2 aromatic rings. The zero-order valence-electron chi connectivity index (χ0n) is 10.4. The molecular formula is C13H13NO4. The van der Waals surface area contributed by atoms with E-state index in [0.29, 0.717) is 11.6 Å². The van der Waals surface area contributed by atoms with Crippen LogP contribution >= 0.6 is 0 Å². The van der Waals surface area contributed by atoms with Crippen LogP contribution in [0.2, 0.25) is 0 Å². The van der Waals surface area contributed by atoms with Crippen LogP contribution in [0.5, 0.6) is 5.75 Å². The molecule has 18 heavy (non-hydrogen) atoms. The smallest absolute Gasteiger partial charge is 0.373 e. The lowest BCUT2D eigenvalue weighted by Crippen LogP contribution is -1.95. The summed E-state index contributed by atoms with van der Waals surface area (Å²) < 4.78 is 10.4. The Morgan fingerprint density at radius 1 is 1.39 bits per heavy atom. The number of benzene rings is 1. The summed E-state index contributed by atoms with van der Waals surface area (Å²) >= 11 is 0. The quantitative estimate of drug-likeness (QED) is 0.902. The molecule has 0 aliphatic rings. The maximum absolute atomic E-state index is 10.9. The van der Waals surface area contributed by atoms with E-state index in [0.717, 1.165) is 16.9 Å². The van der Waals surface area contributed by atoms with Crippen LogP contribution in [-0.2, 0) is 0 Å². The number of nitrogens with zero attached hydrogens (tertiary/aromatic N) is 1. The lowest BCUT2D eigenvalue weighted by molar-refractivity contribution is 0.0662. The second-order valence-electron chi connectivity index (χ2n) is 3.92. The van der Waals surface area contributed by atoms with Gasteiger partial charge in [0.05, 0.1) is 12.8 Å². The van der Waals surface area contributed by atoms with Gasteiger partial charge in [0.25, 0.3) is 0 Å². The molecule has 0 spiro atoms. The predicted octanol–water partition coefficient (Wildman–Crippen LogP) is 2.67. The minimum absolute atomic E-state index is 0.126. The van der Waals surface area contributed by atoms with E-state index >= 15 is 0 Å². The highest BCUT2D eigenvalue weighted by Gasteiger charge is 2.17. The Morgan fingerprint density at radius 2 is 2.11 bits per heavy atom. The molecule has 1 aromatic heterocycles. The van der Waals surface area contributed by atoms with E-state index in [1.165, 1.54) is 0 Å². The van der Waals surface area contributed by atoms with Crippen molar-refractivity contribution in [2.75, 3.05) is 7.11 Å². The van der Waals surface area contributed by atoms with Gasteiger partial charge in [0.15, 0.2) is 0 Å². The van der Waals surface area contributed by atoms with E-state index in [1.807, 2.05) is 13.0 Å². The van der Waals surface area contributed by atoms with Crippen LogP contribution in [0.3, 0.4) is 0 Å². The predicted molar refractivity (Wildman–Crippen MR) is 64.9 cm³/mol. The number of carbonyl (C=O) groups is 1. The van der Waals surface area contributed by atoms with Gasteiger partial charge >= 0.3 is 5.97 Å². The van der Waals surface area contributed by atoms with Crippen molar-refractivity contribution in [3.8, 4) is 17.2 Å². The van der Waals surface area contributed by atoms with Crippen molar-refractivity contribution in [3.05, 3.63) is 35.2 Å². The molecule has 5 heteroatoms. The van der Waals surface area contributed by atoms with Gasteiger partial charge in [0, 0.05) is 5.56 Å². The number of carboxylic acids is 1. The average molecular weight is 247 g/mol. The molecule has 0 aliphatic heterocycles. The summed E-state index contributed by atoms with van der Waals surface area (Å²) in [6.45, 7) is 3.50. The molecule has 0 aliphatic carbocycles. The average Bonchev–Trinajstić information content (AvgIpc) is 2.71. The Bertz CT molecular complexity index is 601. The maximum atomic E-state index is 10.9. The number of aromatic nitrogens is 1. The number of carboxylic acid groups (broad SMARTS) is 1. The number of hydrogen-bond acceptors (Lipinski definition) is 4. The van der Waals surface area contributed by atoms with Crippen LogP contribution < -0.4 is 4.74 Å². The Morgan fingerprint density at radius 3 is 2.61 bits per heavy atom. The molecule has 0 saturated heterocycles. The fourth-order valence-electron chi connectivity index (χ4n) is 1.73. The molecule has 0 saturated carbocycles. The van der Waals surface area contributed by atoms with E-state index in [2.05, 4.69) is 4.98 Å². The van der Waals surface area contributed by atoms with Gasteiger partial charge in [-0.05, 0) is 37.6 Å². The van der Waals surface area contributed by atoms with Crippen molar-refractivity contribution in [3.63, 3.8) is 0 Å². The lowest BCUT2D eigenvalue weighted by atomic mass is 10.1. The first-order valence-electron chi connectivity index (χ1n) is 5.38. The number of ether oxygens (including phenoxy) is 1. The van der Waals surface area contributed by atoms with E-state index in [4.69, 9.17) is 14.3 Å². The molecule has 0 bridgehead atoms. The van der Waals surface area contributed by atoms with Crippen molar-refractivity contribution in [1.29, 1.82) is 0 Å². The molecule has 5 nitrogen and oxygen atoms in total. The summed E-state index contributed by atoms with van der Waals surface area (Å²) in [7, 11) is 1.60. The van der Waals surface area contributed by atoms with Gasteiger partial charge in [0.2, 0.25) is 11.7 Å². The highest BCUT2D eigenvalue weighted by atomic mass is 16.5. The number of aryl methyl sites for hydroxylation is 2. The van der Waals surface area contributed by atoms with Crippen molar-refractivity contribution >= 4 is 5.97 Å². The number of aromatic carboxylic acids is 1. The van der Waals surface area contributed by atoms with Crippen molar-refractivity contribution in [1.82, 2.24) is 4.98 Å². The number of methoxy groups -OCH3 is 1. The normalized spacial score (nSPS) is 10.4. The van der Waals surface area contributed by atoms with Crippen LogP contribution in [0.15, 0.2) is 22.6 Å². The van der Waals surface area contributed by atoms with Gasteiger partial charge < -0.3 is 14.3 Å². The van der Waals surface area contributed by atoms with Gasteiger partial charge in [-0.3, -0.25) is 0 Å². The van der Waals surface area contributed by atoms with Gasteiger partial charge in [-0.25, -0.2) is 9.78 Å². The summed E-state index contributed by atoms with van der Waals surface area (Å²) in [5.41, 5.74) is 2.03. The van der Waals surface area contributed by atoms with Crippen molar-refractivity contribution in [2.24, 2.45) is 0 Å². The molecule has 1 aromatic carbocycles. The molecule has 1 N–H and O–H groups in total. The second-order valence-corrected chi connectivity index (χ2v) is 3.92. The zero-order valence-corrected chi connectivity index (χ0v) is 10.4. The molecule has 0 radical (unpaired) electrons. The third-order valence-electron chi connectivity index (χ3n) is 2.63. The first kappa shape index (κ1) is 12.2. The first-order valence-corrected chi connectivity index (χ1v) is 5.38. The fourth-order valence-corrected chi connectivity index (χ4v) is 1.73. The Hall–Kier alpha value is -2.30. The van der Waals surface area contributed by atoms with Gasteiger partial charge in [0.1, 0.15) is 5.75 Å². The second kappa shape index (κ2) is 4.52. The number of rotatable bonds is 3. The summed E-state index contributed by atoms with van der Waals surface area (Å²) in [6.07, 6.45) is 0. The zero-order chi connectivity index (χ0) is 13.3. The summed E-state index contributed by atoms with van der Waals surface area (Å²) in [4.78, 5) is 15.0. The van der Waals surface area contributed by atoms with Crippen LogP contribution in [0, 0.1) is 13.8 Å². The van der Waals surface area contributed by atoms with Crippen molar-refractivity contribution < 1.29 is 19.1 Å². The largest absolute Gasteiger partial charge is 0.496 e. The van der Waals surface area contributed by atoms with Crippen LogP contribution in [-0.4, -0.2) is 23.2 Å². The SMILES string of the molecule is COc1ccc(-c2nc(C)c(C(=O)O)o2)cc1C. The van der Waals surface area contributed by atoms with E-state index in [1.54, 1.807) is 26.2 Å². The highest BCUT2D eigenvalue weighted by molar-refractivity contribution is 5.86. The van der Waals surface area contributed by atoms with E-state index in [-0.39, 0.29) is 5.76 Å².